The van der Waals surface area contributed by atoms with E-state index < -0.39 is 219 Å². The Morgan fingerprint density at radius 1 is 0.260 bits per heavy atom. The van der Waals surface area contributed by atoms with Gasteiger partial charge in [0.2, 0.25) is 0 Å². The molecule has 0 aromatic carbocycles. The molecule has 608 valence electrons. The molecule has 4 aliphatic heterocycles. The third-order valence-corrected chi connectivity index (χ3v) is 17.2. The van der Waals surface area contributed by atoms with E-state index in [1.165, 1.54) is 27.7 Å². The third kappa shape index (κ3) is 35.3. The van der Waals surface area contributed by atoms with Gasteiger partial charge in [0, 0.05) is 0 Å². The largest absolute Gasteiger partial charge is 0.481 e. The van der Waals surface area contributed by atoms with E-state index in [2.05, 4.69) is 0 Å². The molecule has 0 saturated carbocycles. The fourth-order valence-electron chi connectivity index (χ4n) is 11.0. The summed E-state index contributed by atoms with van der Waals surface area (Å²) in [6, 6.07) is 0. The van der Waals surface area contributed by atoms with Gasteiger partial charge in [-0.15, -0.1) is 0 Å². The molecule has 0 amide bonds. The number of hydrogen-bond donors (Lipinski definition) is 16. The third-order valence-electron chi connectivity index (χ3n) is 17.2. The molecule has 16 N–H and O–H groups in total. The van der Waals surface area contributed by atoms with Crippen LogP contribution in [0.15, 0.2) is 0 Å². The maximum Gasteiger partial charge on any atom is 0.308 e. The van der Waals surface area contributed by atoms with Crippen LogP contribution in [0.3, 0.4) is 0 Å². The highest BCUT2D eigenvalue weighted by Crippen LogP contribution is 2.30. The lowest BCUT2D eigenvalue weighted by atomic mass is 10.00. The van der Waals surface area contributed by atoms with Crippen LogP contribution >= 0.6 is 0 Å². The molecule has 36 nitrogen and oxygen atoms in total. The van der Waals surface area contributed by atoms with Crippen LogP contribution in [0, 0.1) is 0 Å². The molecule has 0 spiro atoms. The first-order valence-corrected chi connectivity index (χ1v) is 35.8. The van der Waals surface area contributed by atoms with E-state index >= 15 is 0 Å². The van der Waals surface area contributed by atoms with E-state index in [4.69, 9.17) is 77.3 Å². The first-order valence-electron chi connectivity index (χ1n) is 35.8. The van der Waals surface area contributed by atoms with Crippen LogP contribution in [0.5, 0.6) is 0 Å². The number of aliphatic hydroxyl groups excluding tert-OH is 12. The highest BCUT2D eigenvalue weighted by atomic mass is 16.7. The summed E-state index contributed by atoms with van der Waals surface area (Å²) in [7, 11) is 0. The van der Waals surface area contributed by atoms with Gasteiger partial charge in [-0.05, 0) is 79.1 Å². The van der Waals surface area contributed by atoms with Crippen LogP contribution in [0.4, 0.5) is 0 Å². The number of esters is 4. The predicted molar refractivity (Wildman–Crippen MR) is 357 cm³/mol. The van der Waals surface area contributed by atoms with Crippen molar-refractivity contribution in [3.8, 4) is 0 Å². The molecule has 0 aliphatic carbocycles. The van der Waals surface area contributed by atoms with Gasteiger partial charge in [0.1, 0.15) is 97.7 Å². The van der Waals surface area contributed by atoms with Gasteiger partial charge in [-0.25, -0.2) is 0 Å². The minimum Gasteiger partial charge on any atom is -0.481 e. The maximum absolute atomic E-state index is 12.1. The SMILES string of the molecule is CCCC(CC(=O)OC(CC)CC(=O)O)O[C@@H]1OC(C)[C@H](O)[C@H](O)C1O.CCCC(CC(=O)OC(CC)CC(=O)O)O[C@@H]1OC(C)[C@H](O)[C@H](O)C1O.CCCC(CC(=O)OC(CC)CC(=O)O)O[C@@H]1OC(C)[C@H](O)[C@H](O)C1O.CCCC(CC(=O)OC(CC)CC(=O)O)O[C@@H]1OC(C)[C@H](O)[C@H](O)C1O. The summed E-state index contributed by atoms with van der Waals surface area (Å²) in [6.45, 7) is 20.6. The van der Waals surface area contributed by atoms with E-state index in [1.54, 1.807) is 27.7 Å². The second-order valence-corrected chi connectivity index (χ2v) is 26.2. The van der Waals surface area contributed by atoms with Crippen molar-refractivity contribution in [1.29, 1.82) is 0 Å². The van der Waals surface area contributed by atoms with Crippen LogP contribution in [-0.4, -0.2) is 301 Å². The van der Waals surface area contributed by atoms with Crippen molar-refractivity contribution in [3.63, 3.8) is 0 Å². The predicted octanol–water partition coefficient (Wildman–Crippen LogP) is 0.743. The molecule has 4 heterocycles. The number of carboxylic acids is 4. The van der Waals surface area contributed by atoms with Crippen molar-refractivity contribution < 1.29 is 177 Å². The van der Waals surface area contributed by atoms with Crippen molar-refractivity contribution >= 4 is 47.8 Å². The quantitative estimate of drug-likeness (QED) is 0.0297. The second kappa shape index (κ2) is 50.6. The number of carboxylic acid groups (broad SMARTS) is 4. The molecule has 0 aromatic heterocycles. The summed E-state index contributed by atoms with van der Waals surface area (Å²) in [6.07, 6.45) is -25.0. The van der Waals surface area contributed by atoms with Crippen LogP contribution in [0.25, 0.3) is 0 Å². The van der Waals surface area contributed by atoms with Crippen LogP contribution in [-0.2, 0) is 95.2 Å². The molecule has 4 saturated heterocycles. The standard InChI is InChI=1S/4C17H30O9/c4*1-4-6-11(8-13(20)25-10(5-2)7-12(18)19)26-17-16(23)15(22)14(21)9(3)24-17/h4*9-11,14-17,21-23H,4-8H2,1-3H3,(H,18,19)/t4*9?,10?,11?,14-,15-,16?,17-/m0000/s1. The monoisotopic (exact) mass is 1510 g/mol. The zero-order valence-electron chi connectivity index (χ0n) is 61.6. The van der Waals surface area contributed by atoms with E-state index in [9.17, 15) is 99.6 Å². The van der Waals surface area contributed by atoms with Gasteiger partial charge < -0.3 is 139 Å². The number of aliphatic hydroxyl groups is 12. The van der Waals surface area contributed by atoms with Gasteiger partial charge >= 0.3 is 47.8 Å². The van der Waals surface area contributed by atoms with Gasteiger partial charge in [0.05, 0.1) is 100 Å². The average Bonchev–Trinajstić information content (AvgIpc) is 0.840. The van der Waals surface area contributed by atoms with Crippen LogP contribution < -0.4 is 0 Å². The average molecular weight is 1510 g/mol. The number of ether oxygens (including phenoxy) is 12. The van der Waals surface area contributed by atoms with Gasteiger partial charge in [0.25, 0.3) is 0 Å². The molecule has 104 heavy (non-hydrogen) atoms. The molecule has 4 fully saturated rings. The molecule has 16 unspecified atom stereocenters. The summed E-state index contributed by atoms with van der Waals surface area (Å²) < 4.78 is 64.8. The highest BCUT2D eigenvalue weighted by Gasteiger charge is 2.47. The molecular weight excluding hydrogens is 1390 g/mol. The topological polar surface area (TPSA) is 571 Å². The van der Waals surface area contributed by atoms with E-state index in [0.29, 0.717) is 77.0 Å². The summed E-state index contributed by atoms with van der Waals surface area (Å²) in [4.78, 5) is 91.4. The normalized spacial score (nSPS) is 31.2. The minimum absolute atomic E-state index is 0.135. The van der Waals surface area contributed by atoms with Gasteiger partial charge in [-0.2, -0.15) is 0 Å². The smallest absolute Gasteiger partial charge is 0.308 e. The molecular formula is C68H120O36. The minimum atomic E-state index is -1.45. The maximum atomic E-state index is 12.1. The zero-order valence-corrected chi connectivity index (χ0v) is 61.6. The van der Waals surface area contributed by atoms with Gasteiger partial charge in [0.15, 0.2) is 25.2 Å². The van der Waals surface area contributed by atoms with Crippen LogP contribution in [0.2, 0.25) is 0 Å². The van der Waals surface area contributed by atoms with Crippen molar-refractivity contribution in [2.75, 3.05) is 0 Å². The van der Waals surface area contributed by atoms with E-state index in [1.807, 2.05) is 27.7 Å². The first kappa shape index (κ1) is 97.0. The van der Waals surface area contributed by atoms with Gasteiger partial charge in [-0.1, -0.05) is 81.1 Å². The first-order chi connectivity index (χ1) is 48.8. The van der Waals surface area contributed by atoms with Crippen molar-refractivity contribution in [3.05, 3.63) is 0 Å². The summed E-state index contributed by atoms with van der Waals surface area (Å²) >= 11 is 0. The molecule has 4 aliphatic rings. The lowest BCUT2D eigenvalue weighted by Gasteiger charge is -2.40. The Balaban J connectivity index is 0.000000693. The second-order valence-electron chi connectivity index (χ2n) is 26.2. The Labute approximate surface area is 606 Å². The van der Waals surface area contributed by atoms with E-state index in [0.717, 1.165) is 0 Å². The molecule has 0 radical (unpaired) electrons. The zero-order chi connectivity index (χ0) is 79.4. The van der Waals surface area contributed by atoms with Crippen molar-refractivity contribution in [1.82, 2.24) is 0 Å². The summed E-state index contributed by atoms with van der Waals surface area (Å²) in [5.41, 5.74) is 0. The lowest BCUT2D eigenvalue weighted by Crippen LogP contribution is -2.58. The summed E-state index contributed by atoms with van der Waals surface area (Å²) in [5, 5.41) is 153. The summed E-state index contributed by atoms with van der Waals surface area (Å²) in [5.74, 6) is -6.60. The number of rotatable bonds is 40. The Hall–Kier alpha value is -5.04. The molecule has 4 rings (SSSR count). The molecule has 0 aromatic rings. The molecule has 28 atom stereocenters. The number of carbonyl (C=O) groups excluding carboxylic acids is 4. The molecule has 36 heteroatoms. The Morgan fingerprint density at radius 2 is 0.423 bits per heavy atom. The fraction of sp³-hybridized carbons (Fsp3) is 0.882. The van der Waals surface area contributed by atoms with E-state index in [-0.39, 0.29) is 51.4 Å². The number of aliphatic carboxylic acids is 4. The number of hydrogen-bond acceptors (Lipinski definition) is 32. The Bertz CT molecular complexity index is 2150. The molecule has 0 bridgehead atoms. The number of carbonyl (C=O) groups is 8. The Kier molecular flexibility index (Phi) is 47.1. The highest BCUT2D eigenvalue weighted by molar-refractivity contribution is 5.74. The fourth-order valence-corrected chi connectivity index (χ4v) is 11.0. The van der Waals surface area contributed by atoms with Gasteiger partial charge in [-0.3, -0.25) is 38.4 Å². The lowest BCUT2D eigenvalue weighted by molar-refractivity contribution is -0.304. The van der Waals surface area contributed by atoms with Crippen molar-refractivity contribution in [2.45, 2.75) is 383 Å². The van der Waals surface area contributed by atoms with Crippen molar-refractivity contribution in [2.24, 2.45) is 0 Å². The van der Waals surface area contributed by atoms with Crippen LogP contribution in [0.1, 0.15) is 212 Å². The Morgan fingerprint density at radius 3 is 0.558 bits per heavy atom.